The topological polar surface area (TPSA) is 63.4 Å². The molecule has 0 spiro atoms. The zero-order valence-electron chi connectivity index (χ0n) is 6.66. The van der Waals surface area contributed by atoms with Crippen LogP contribution in [0.5, 0.6) is 0 Å². The molecule has 0 aromatic rings. The van der Waals surface area contributed by atoms with Crippen LogP contribution in [-0.2, 0) is 10.0 Å². The molecule has 0 bridgehead atoms. The Morgan fingerprint density at radius 1 is 1.64 bits per heavy atom. The molecule has 1 fully saturated rings. The zero-order valence-corrected chi connectivity index (χ0v) is 7.47. The third kappa shape index (κ3) is 1.91. The second-order valence-electron chi connectivity index (χ2n) is 3.03. The Hall–Kier alpha value is -0.130. The van der Waals surface area contributed by atoms with Gasteiger partial charge in [-0.1, -0.05) is 6.92 Å². The lowest BCUT2D eigenvalue weighted by atomic mass is 10.2. The van der Waals surface area contributed by atoms with Crippen molar-refractivity contribution in [2.75, 3.05) is 25.4 Å². The van der Waals surface area contributed by atoms with Crippen LogP contribution in [0.4, 0.5) is 0 Å². The minimum Gasteiger partial charge on any atom is -0.329 e. The van der Waals surface area contributed by atoms with Crippen LogP contribution < -0.4 is 5.73 Å². The van der Waals surface area contributed by atoms with Crippen molar-refractivity contribution in [3.05, 3.63) is 0 Å². The van der Waals surface area contributed by atoms with Gasteiger partial charge in [0.15, 0.2) is 0 Å². The zero-order chi connectivity index (χ0) is 8.48. The van der Waals surface area contributed by atoms with Gasteiger partial charge in [0.05, 0.1) is 5.75 Å². The predicted molar refractivity (Wildman–Crippen MR) is 43.6 cm³/mol. The minimum atomic E-state index is -2.95. The van der Waals surface area contributed by atoms with E-state index in [9.17, 15) is 8.42 Å². The van der Waals surface area contributed by atoms with Gasteiger partial charge in [-0.2, -0.15) is 0 Å². The van der Waals surface area contributed by atoms with Gasteiger partial charge in [-0.25, -0.2) is 12.7 Å². The van der Waals surface area contributed by atoms with Gasteiger partial charge in [0.1, 0.15) is 0 Å². The summed E-state index contributed by atoms with van der Waals surface area (Å²) < 4.78 is 23.9. The van der Waals surface area contributed by atoms with E-state index in [0.29, 0.717) is 19.6 Å². The molecule has 1 aliphatic heterocycles. The summed E-state index contributed by atoms with van der Waals surface area (Å²) in [6.07, 6.45) is 0. The normalized spacial score (nSPS) is 30.9. The average Bonchev–Trinajstić information content (AvgIpc) is 2.07. The van der Waals surface area contributed by atoms with Crippen LogP contribution >= 0.6 is 0 Å². The summed E-state index contributed by atoms with van der Waals surface area (Å²) in [5.41, 5.74) is 5.27. The van der Waals surface area contributed by atoms with Gasteiger partial charge in [0, 0.05) is 19.6 Å². The van der Waals surface area contributed by atoms with Crippen LogP contribution in [0, 0.1) is 5.92 Å². The molecule has 1 saturated heterocycles. The Morgan fingerprint density at radius 3 is 2.64 bits per heavy atom. The molecule has 4 nitrogen and oxygen atoms in total. The lowest BCUT2D eigenvalue weighted by molar-refractivity contribution is 0.421. The van der Waals surface area contributed by atoms with Crippen molar-refractivity contribution in [3.8, 4) is 0 Å². The standard InChI is InChI=1S/C6H14N2O2S/c1-6-4-8(3-2-7)11(9,10)5-6/h6H,2-5,7H2,1H3. The van der Waals surface area contributed by atoms with Crippen molar-refractivity contribution in [2.45, 2.75) is 6.92 Å². The van der Waals surface area contributed by atoms with Crippen LogP contribution in [0.1, 0.15) is 6.92 Å². The van der Waals surface area contributed by atoms with E-state index in [1.54, 1.807) is 0 Å². The van der Waals surface area contributed by atoms with Crippen molar-refractivity contribution < 1.29 is 8.42 Å². The van der Waals surface area contributed by atoms with Gasteiger partial charge in [-0.05, 0) is 5.92 Å². The number of hydrogen-bond acceptors (Lipinski definition) is 3. The molecule has 1 unspecified atom stereocenters. The Kier molecular flexibility index (Phi) is 2.51. The van der Waals surface area contributed by atoms with Gasteiger partial charge in [-0.3, -0.25) is 0 Å². The van der Waals surface area contributed by atoms with Crippen LogP contribution in [0.3, 0.4) is 0 Å². The first-order chi connectivity index (χ1) is 5.06. The lowest BCUT2D eigenvalue weighted by Crippen LogP contribution is -2.31. The summed E-state index contributed by atoms with van der Waals surface area (Å²) in [5, 5.41) is 0. The molecule has 0 aromatic heterocycles. The smallest absolute Gasteiger partial charge is 0.214 e. The largest absolute Gasteiger partial charge is 0.329 e. The molecule has 66 valence electrons. The summed E-state index contributed by atoms with van der Waals surface area (Å²) in [6.45, 7) is 3.45. The first kappa shape index (κ1) is 8.96. The highest BCUT2D eigenvalue weighted by atomic mass is 32.2. The summed E-state index contributed by atoms with van der Waals surface area (Å²) in [6, 6.07) is 0. The molecule has 5 heteroatoms. The van der Waals surface area contributed by atoms with Crippen LogP contribution in [0.2, 0.25) is 0 Å². The molecule has 1 rings (SSSR count). The van der Waals surface area contributed by atoms with Crippen LogP contribution in [-0.4, -0.2) is 38.1 Å². The van der Waals surface area contributed by atoms with Crippen molar-refractivity contribution in [3.63, 3.8) is 0 Å². The highest BCUT2D eigenvalue weighted by Gasteiger charge is 2.32. The second kappa shape index (κ2) is 3.08. The number of hydrogen-bond donors (Lipinski definition) is 1. The number of nitrogens with zero attached hydrogens (tertiary/aromatic N) is 1. The Bertz CT molecular complexity index is 225. The van der Waals surface area contributed by atoms with Gasteiger partial charge in [0.2, 0.25) is 10.0 Å². The van der Waals surface area contributed by atoms with E-state index in [2.05, 4.69) is 0 Å². The fraction of sp³-hybridized carbons (Fsp3) is 1.00. The Labute approximate surface area is 67.4 Å². The summed E-state index contributed by atoms with van der Waals surface area (Å²) in [7, 11) is -2.95. The molecule has 1 aliphatic rings. The molecule has 0 aliphatic carbocycles. The minimum absolute atomic E-state index is 0.256. The Balaban J connectivity index is 2.67. The monoisotopic (exact) mass is 178 g/mol. The third-order valence-electron chi connectivity index (χ3n) is 1.78. The van der Waals surface area contributed by atoms with E-state index in [1.165, 1.54) is 4.31 Å². The highest BCUT2D eigenvalue weighted by Crippen LogP contribution is 2.17. The molecule has 0 saturated carbocycles. The maximum absolute atomic E-state index is 11.2. The van der Waals surface area contributed by atoms with E-state index in [-0.39, 0.29) is 11.7 Å². The highest BCUT2D eigenvalue weighted by molar-refractivity contribution is 7.89. The number of nitrogens with two attached hydrogens (primary N) is 1. The average molecular weight is 178 g/mol. The quantitative estimate of drug-likeness (QED) is 0.603. The first-order valence-corrected chi connectivity index (χ1v) is 5.35. The SMILES string of the molecule is CC1CN(CCN)S(=O)(=O)C1. The van der Waals surface area contributed by atoms with Gasteiger partial charge in [-0.15, -0.1) is 0 Å². The number of sulfonamides is 1. The van der Waals surface area contributed by atoms with E-state index >= 15 is 0 Å². The van der Waals surface area contributed by atoms with Crippen molar-refractivity contribution >= 4 is 10.0 Å². The first-order valence-electron chi connectivity index (χ1n) is 3.74. The number of rotatable bonds is 2. The van der Waals surface area contributed by atoms with E-state index in [1.807, 2.05) is 6.92 Å². The van der Waals surface area contributed by atoms with E-state index in [0.717, 1.165) is 0 Å². The molecular weight excluding hydrogens is 164 g/mol. The van der Waals surface area contributed by atoms with Crippen molar-refractivity contribution in [1.82, 2.24) is 4.31 Å². The van der Waals surface area contributed by atoms with Crippen molar-refractivity contribution in [2.24, 2.45) is 11.7 Å². The lowest BCUT2D eigenvalue weighted by Gasteiger charge is -2.11. The summed E-state index contributed by atoms with van der Waals surface area (Å²) >= 11 is 0. The molecule has 0 amide bonds. The summed E-state index contributed by atoms with van der Waals surface area (Å²) in [4.78, 5) is 0. The predicted octanol–water partition coefficient (Wildman–Crippen LogP) is -0.773. The van der Waals surface area contributed by atoms with Crippen molar-refractivity contribution in [1.29, 1.82) is 0 Å². The summed E-state index contributed by atoms with van der Waals surface area (Å²) in [5.74, 6) is 0.541. The molecule has 0 radical (unpaired) electrons. The van der Waals surface area contributed by atoms with E-state index in [4.69, 9.17) is 5.73 Å². The molecule has 11 heavy (non-hydrogen) atoms. The molecule has 1 atom stereocenters. The second-order valence-corrected chi connectivity index (χ2v) is 5.04. The van der Waals surface area contributed by atoms with Gasteiger partial charge < -0.3 is 5.73 Å². The fourth-order valence-electron chi connectivity index (χ4n) is 1.35. The van der Waals surface area contributed by atoms with Gasteiger partial charge >= 0.3 is 0 Å². The fourth-order valence-corrected chi connectivity index (χ4v) is 3.25. The Morgan fingerprint density at radius 2 is 2.27 bits per heavy atom. The maximum atomic E-state index is 11.2. The molecule has 2 N–H and O–H groups in total. The van der Waals surface area contributed by atoms with Gasteiger partial charge in [0.25, 0.3) is 0 Å². The van der Waals surface area contributed by atoms with Crippen LogP contribution in [0.25, 0.3) is 0 Å². The molecule has 0 aromatic carbocycles. The molecule has 1 heterocycles. The third-order valence-corrected chi connectivity index (χ3v) is 3.89. The maximum Gasteiger partial charge on any atom is 0.214 e. The molecular formula is C6H14N2O2S. The van der Waals surface area contributed by atoms with Crippen LogP contribution in [0.15, 0.2) is 0 Å². The van der Waals surface area contributed by atoms with E-state index < -0.39 is 10.0 Å².